The van der Waals surface area contributed by atoms with Crippen molar-refractivity contribution in [2.75, 3.05) is 0 Å². The second-order valence-corrected chi connectivity index (χ2v) is 3.18. The van der Waals surface area contributed by atoms with Crippen molar-refractivity contribution in [2.24, 2.45) is 0 Å². The van der Waals surface area contributed by atoms with Crippen LogP contribution in [0.25, 0.3) is 0 Å². The molecule has 7 heteroatoms. The smallest absolute Gasteiger partial charge is 0.438 e. The van der Waals surface area contributed by atoms with Gasteiger partial charge >= 0.3 is 13.3 Å². The zero-order valence-corrected chi connectivity index (χ0v) is 5.69. The Hall–Kier alpha value is 0.0500. The molecule has 0 spiro atoms. The van der Waals surface area contributed by atoms with Gasteiger partial charge in [-0.3, -0.25) is 4.31 Å². The van der Waals surface area contributed by atoms with E-state index >= 15 is 0 Å². The number of rotatable bonds is 2. The number of hydrogen-bond acceptors (Lipinski definition) is 3. The Bertz CT molecular complexity index is 139. The van der Waals surface area contributed by atoms with Gasteiger partial charge in [0, 0.05) is 9.47 Å². The summed E-state index contributed by atoms with van der Waals surface area (Å²) in [6.45, 7) is 0. The van der Waals surface area contributed by atoms with Gasteiger partial charge < -0.3 is 10.00 Å². The third kappa shape index (κ3) is 1.88. The molecule has 48 valence electrons. The monoisotopic (exact) mass is 158 g/mol. The Balaban J connectivity index is 4.15. The van der Waals surface area contributed by atoms with Crippen molar-refractivity contribution in [2.45, 2.75) is 0 Å². The number of hydrogen-bond donors (Lipinski definition) is 2. The van der Waals surface area contributed by atoms with Crippen LogP contribution >= 0.6 is 17.1 Å². The Kier molecular flexibility index (Phi) is 2.57. The molecule has 0 bridgehead atoms. The maximum atomic E-state index is 10.00. The standard InChI is InChI=1S/CH4O5P2/c2-1(3)8(4,5)6-7/h7H2,(H,2,3)(H,4,5). The van der Waals surface area contributed by atoms with Gasteiger partial charge in [0.1, 0.15) is 0 Å². The van der Waals surface area contributed by atoms with Gasteiger partial charge in [-0.25, -0.2) is 9.36 Å². The van der Waals surface area contributed by atoms with E-state index in [2.05, 4.69) is 4.31 Å². The summed E-state index contributed by atoms with van der Waals surface area (Å²) in [6, 6.07) is 0. The average molecular weight is 158 g/mol. The van der Waals surface area contributed by atoms with E-state index < -0.39 is 13.3 Å². The average Bonchev–Trinajstić information content (AvgIpc) is 1.67. The van der Waals surface area contributed by atoms with Crippen LogP contribution in [0.1, 0.15) is 0 Å². The Labute approximate surface area is 47.5 Å². The van der Waals surface area contributed by atoms with Gasteiger partial charge in [0.2, 0.25) is 0 Å². The molecular formula is CH4O5P2. The van der Waals surface area contributed by atoms with E-state index in [1.807, 2.05) is 0 Å². The zero-order valence-electron chi connectivity index (χ0n) is 3.64. The molecule has 0 aromatic carbocycles. The van der Waals surface area contributed by atoms with E-state index in [1.165, 1.54) is 9.47 Å². The van der Waals surface area contributed by atoms with Crippen LogP contribution in [0.15, 0.2) is 0 Å². The molecule has 0 heterocycles. The Morgan fingerprint density at radius 2 is 2.12 bits per heavy atom. The van der Waals surface area contributed by atoms with Crippen molar-refractivity contribution < 1.29 is 23.7 Å². The van der Waals surface area contributed by atoms with Gasteiger partial charge in [0.25, 0.3) is 0 Å². The Morgan fingerprint density at radius 1 is 1.75 bits per heavy atom. The zero-order chi connectivity index (χ0) is 6.78. The first-order valence-corrected chi connectivity index (χ1v) is 3.50. The summed E-state index contributed by atoms with van der Waals surface area (Å²) < 4.78 is 13.6. The summed E-state index contributed by atoms with van der Waals surface area (Å²) in [4.78, 5) is 17.7. The van der Waals surface area contributed by atoms with Gasteiger partial charge in [-0.2, -0.15) is 0 Å². The molecule has 0 amide bonds. The van der Waals surface area contributed by atoms with Crippen LogP contribution < -0.4 is 0 Å². The first-order chi connectivity index (χ1) is 3.50. The fraction of sp³-hybridized carbons (Fsp3) is 0. The van der Waals surface area contributed by atoms with Gasteiger partial charge in [-0.05, 0) is 0 Å². The molecule has 0 aromatic rings. The second-order valence-electron chi connectivity index (χ2n) is 0.908. The molecule has 2 N–H and O–H groups in total. The minimum atomic E-state index is -4.37. The van der Waals surface area contributed by atoms with Crippen LogP contribution in [0.5, 0.6) is 0 Å². The number of carbonyl (C=O) groups is 1. The predicted molar refractivity (Wildman–Crippen MR) is 28.6 cm³/mol. The summed E-state index contributed by atoms with van der Waals surface area (Å²) in [5.41, 5.74) is -1.85. The minimum absolute atomic E-state index is 1.40. The van der Waals surface area contributed by atoms with E-state index in [9.17, 15) is 9.36 Å². The summed E-state index contributed by atoms with van der Waals surface area (Å²) in [7, 11) is -2.97. The highest BCUT2D eigenvalue weighted by Crippen LogP contribution is 2.44. The summed E-state index contributed by atoms with van der Waals surface area (Å²) in [6.07, 6.45) is 0. The molecule has 0 rings (SSSR count). The molecule has 0 aliphatic carbocycles. The lowest BCUT2D eigenvalue weighted by Gasteiger charge is -1.98. The first kappa shape index (κ1) is 8.05. The Morgan fingerprint density at radius 3 is 2.12 bits per heavy atom. The molecule has 2 unspecified atom stereocenters. The van der Waals surface area contributed by atoms with Crippen LogP contribution in [-0.4, -0.2) is 15.7 Å². The van der Waals surface area contributed by atoms with Crippen LogP contribution in [0.3, 0.4) is 0 Å². The third-order valence-electron chi connectivity index (χ3n) is 0.385. The molecule has 0 aliphatic rings. The molecule has 5 nitrogen and oxygen atoms in total. The molecule has 0 saturated heterocycles. The second kappa shape index (κ2) is 2.55. The van der Waals surface area contributed by atoms with Gasteiger partial charge in [0.15, 0.2) is 0 Å². The maximum absolute atomic E-state index is 10.00. The van der Waals surface area contributed by atoms with E-state index in [0.717, 1.165) is 0 Å². The molecule has 0 aliphatic heterocycles. The predicted octanol–water partition coefficient (Wildman–Crippen LogP) is 0.656. The van der Waals surface area contributed by atoms with Crippen molar-refractivity contribution in [3.8, 4) is 0 Å². The van der Waals surface area contributed by atoms with Crippen LogP contribution in [-0.2, 0) is 8.88 Å². The normalized spacial score (nSPS) is 17.2. The highest BCUT2D eigenvalue weighted by molar-refractivity contribution is 7.72. The lowest BCUT2D eigenvalue weighted by molar-refractivity contribution is 0.210. The quantitative estimate of drug-likeness (QED) is 0.576. The molecule has 0 radical (unpaired) electrons. The van der Waals surface area contributed by atoms with E-state index in [-0.39, 0.29) is 0 Å². The number of carboxylic acid groups (broad SMARTS) is 1. The summed E-state index contributed by atoms with van der Waals surface area (Å²) in [5, 5.41) is 7.79. The van der Waals surface area contributed by atoms with E-state index in [4.69, 9.17) is 10.00 Å². The maximum Gasteiger partial charge on any atom is 0.438 e. The minimum Gasteiger partial charge on any atom is -0.472 e. The summed E-state index contributed by atoms with van der Waals surface area (Å²) in [5.74, 6) is 0. The molecule has 2 atom stereocenters. The van der Waals surface area contributed by atoms with Crippen molar-refractivity contribution >= 4 is 22.8 Å². The van der Waals surface area contributed by atoms with Crippen molar-refractivity contribution in [3.05, 3.63) is 0 Å². The van der Waals surface area contributed by atoms with Crippen molar-refractivity contribution in [3.63, 3.8) is 0 Å². The van der Waals surface area contributed by atoms with E-state index in [0.29, 0.717) is 0 Å². The lowest BCUT2D eigenvalue weighted by Crippen LogP contribution is -1.92. The highest BCUT2D eigenvalue weighted by atomic mass is 31.2. The fourth-order valence-corrected chi connectivity index (χ4v) is 0.406. The van der Waals surface area contributed by atoms with Crippen LogP contribution in [0, 0.1) is 0 Å². The molecular weight excluding hydrogens is 154 g/mol. The largest absolute Gasteiger partial charge is 0.472 e. The summed E-state index contributed by atoms with van der Waals surface area (Å²) >= 11 is 0. The van der Waals surface area contributed by atoms with Gasteiger partial charge in [-0.15, -0.1) is 0 Å². The first-order valence-electron chi connectivity index (χ1n) is 1.45. The highest BCUT2D eigenvalue weighted by Gasteiger charge is 2.27. The van der Waals surface area contributed by atoms with Crippen LogP contribution in [0.2, 0.25) is 0 Å². The molecule has 0 saturated carbocycles. The van der Waals surface area contributed by atoms with Crippen LogP contribution in [0.4, 0.5) is 4.79 Å². The topological polar surface area (TPSA) is 83.8 Å². The fourth-order valence-electron chi connectivity index (χ4n) is 0.0451. The van der Waals surface area contributed by atoms with Gasteiger partial charge in [-0.1, -0.05) is 0 Å². The third-order valence-corrected chi connectivity index (χ3v) is 2.01. The van der Waals surface area contributed by atoms with Crippen molar-refractivity contribution in [1.29, 1.82) is 0 Å². The lowest BCUT2D eigenvalue weighted by atomic mass is 11.6. The SMILES string of the molecule is O=C(O)P(=O)(O)OP. The van der Waals surface area contributed by atoms with E-state index in [1.54, 1.807) is 0 Å². The molecule has 0 fully saturated rings. The molecule has 0 aromatic heterocycles. The van der Waals surface area contributed by atoms with Crippen molar-refractivity contribution in [1.82, 2.24) is 0 Å². The molecule has 8 heavy (non-hydrogen) atoms. The van der Waals surface area contributed by atoms with Gasteiger partial charge in [0.05, 0.1) is 0 Å².